The number of benzene rings is 1. The van der Waals surface area contributed by atoms with Crippen LogP contribution in [0.2, 0.25) is 0 Å². The topological polar surface area (TPSA) is 27.1 Å². The molecule has 0 atom stereocenters. The van der Waals surface area contributed by atoms with Crippen molar-refractivity contribution < 1.29 is 13.5 Å². The summed E-state index contributed by atoms with van der Waals surface area (Å²) >= 11 is 0. The van der Waals surface area contributed by atoms with E-state index in [2.05, 4.69) is 4.98 Å². The van der Waals surface area contributed by atoms with E-state index in [-0.39, 0.29) is 5.69 Å². The standard InChI is InChI=1S/C13H14F2N2O/c1-3-9-4-5-11(12(6-9)18-2)17-7-10(13(14)15)16-8-17/h4-8,13H,3H2,1-2H3. The van der Waals surface area contributed by atoms with E-state index < -0.39 is 6.43 Å². The van der Waals surface area contributed by atoms with Gasteiger partial charge in [-0.1, -0.05) is 13.0 Å². The van der Waals surface area contributed by atoms with Crippen LogP contribution in [0.4, 0.5) is 8.78 Å². The third-order valence-electron chi connectivity index (χ3n) is 2.76. The van der Waals surface area contributed by atoms with Crippen molar-refractivity contribution in [2.24, 2.45) is 0 Å². The van der Waals surface area contributed by atoms with Gasteiger partial charge in [-0.2, -0.15) is 0 Å². The first kappa shape index (κ1) is 12.5. The van der Waals surface area contributed by atoms with E-state index in [1.54, 1.807) is 11.7 Å². The van der Waals surface area contributed by atoms with Gasteiger partial charge in [0.2, 0.25) is 0 Å². The molecule has 18 heavy (non-hydrogen) atoms. The molecule has 0 saturated heterocycles. The van der Waals surface area contributed by atoms with E-state index in [0.29, 0.717) is 11.4 Å². The molecule has 0 N–H and O–H groups in total. The SMILES string of the molecule is CCc1ccc(-n2cnc(C(F)F)c2)c(OC)c1. The van der Waals surface area contributed by atoms with Gasteiger partial charge >= 0.3 is 0 Å². The second kappa shape index (κ2) is 5.16. The fraction of sp³-hybridized carbons (Fsp3) is 0.308. The summed E-state index contributed by atoms with van der Waals surface area (Å²) in [6, 6.07) is 5.69. The third kappa shape index (κ3) is 2.34. The average molecular weight is 252 g/mol. The normalized spacial score (nSPS) is 10.9. The Morgan fingerprint density at radius 1 is 1.39 bits per heavy atom. The average Bonchev–Trinajstić information content (AvgIpc) is 2.87. The van der Waals surface area contributed by atoms with Crippen LogP contribution in [0.3, 0.4) is 0 Å². The Morgan fingerprint density at radius 2 is 2.17 bits per heavy atom. The minimum Gasteiger partial charge on any atom is -0.495 e. The zero-order valence-corrected chi connectivity index (χ0v) is 10.2. The van der Waals surface area contributed by atoms with Crippen molar-refractivity contribution in [3.05, 3.63) is 42.0 Å². The lowest BCUT2D eigenvalue weighted by molar-refractivity contribution is 0.146. The number of rotatable bonds is 4. The molecule has 0 aliphatic rings. The van der Waals surface area contributed by atoms with Crippen LogP contribution in [0, 0.1) is 0 Å². The van der Waals surface area contributed by atoms with Crippen molar-refractivity contribution in [1.29, 1.82) is 0 Å². The molecule has 2 rings (SSSR count). The molecule has 96 valence electrons. The van der Waals surface area contributed by atoms with Crippen molar-refractivity contribution in [2.45, 2.75) is 19.8 Å². The van der Waals surface area contributed by atoms with Crippen molar-refractivity contribution >= 4 is 0 Å². The lowest BCUT2D eigenvalue weighted by atomic mass is 10.1. The van der Waals surface area contributed by atoms with Crippen molar-refractivity contribution in [2.75, 3.05) is 7.11 Å². The van der Waals surface area contributed by atoms with Gasteiger partial charge in [0, 0.05) is 6.20 Å². The molecule has 0 spiro atoms. The maximum atomic E-state index is 12.5. The molecule has 3 nitrogen and oxygen atoms in total. The Morgan fingerprint density at radius 3 is 2.72 bits per heavy atom. The van der Waals surface area contributed by atoms with Crippen LogP contribution in [0.5, 0.6) is 5.75 Å². The van der Waals surface area contributed by atoms with Gasteiger partial charge in [-0.15, -0.1) is 0 Å². The first-order chi connectivity index (χ1) is 8.65. The number of halogens is 2. The molecule has 1 heterocycles. The number of nitrogens with zero attached hydrogens (tertiary/aromatic N) is 2. The molecule has 1 aromatic carbocycles. The van der Waals surface area contributed by atoms with Gasteiger partial charge in [-0.3, -0.25) is 0 Å². The lowest BCUT2D eigenvalue weighted by Gasteiger charge is -2.10. The first-order valence-corrected chi connectivity index (χ1v) is 5.65. The molecule has 0 aliphatic heterocycles. The predicted octanol–water partition coefficient (Wildman–Crippen LogP) is 3.38. The fourth-order valence-electron chi connectivity index (χ4n) is 1.74. The van der Waals surface area contributed by atoms with E-state index >= 15 is 0 Å². The Balaban J connectivity index is 2.42. The second-order valence-corrected chi connectivity index (χ2v) is 3.87. The van der Waals surface area contributed by atoms with E-state index in [1.165, 1.54) is 12.5 Å². The van der Waals surface area contributed by atoms with Gasteiger partial charge in [0.25, 0.3) is 6.43 Å². The Bertz CT molecular complexity index is 538. The van der Waals surface area contributed by atoms with Gasteiger partial charge in [0.15, 0.2) is 0 Å². The highest BCUT2D eigenvalue weighted by molar-refractivity contribution is 5.49. The Kier molecular flexibility index (Phi) is 3.60. The molecular formula is C13H14F2N2O. The molecule has 0 fully saturated rings. The predicted molar refractivity (Wildman–Crippen MR) is 64.5 cm³/mol. The van der Waals surface area contributed by atoms with E-state index in [1.807, 2.05) is 25.1 Å². The van der Waals surface area contributed by atoms with Crippen molar-refractivity contribution in [3.8, 4) is 11.4 Å². The van der Waals surface area contributed by atoms with Gasteiger partial charge in [-0.05, 0) is 24.1 Å². The zero-order chi connectivity index (χ0) is 13.1. The summed E-state index contributed by atoms with van der Waals surface area (Å²) in [7, 11) is 1.56. The highest BCUT2D eigenvalue weighted by atomic mass is 19.3. The molecule has 1 aromatic heterocycles. The maximum absolute atomic E-state index is 12.5. The Labute approximate surface area is 104 Å². The number of hydrogen-bond acceptors (Lipinski definition) is 2. The highest BCUT2D eigenvalue weighted by Gasteiger charge is 2.13. The Hall–Kier alpha value is -1.91. The minimum atomic E-state index is -2.56. The van der Waals surface area contributed by atoms with Crippen LogP contribution in [-0.2, 0) is 6.42 Å². The van der Waals surface area contributed by atoms with Crippen LogP contribution < -0.4 is 4.74 Å². The number of alkyl halides is 2. The number of imidazole rings is 1. The van der Waals surface area contributed by atoms with Crippen molar-refractivity contribution in [3.63, 3.8) is 0 Å². The summed E-state index contributed by atoms with van der Waals surface area (Å²) in [5.41, 5.74) is 1.59. The summed E-state index contributed by atoms with van der Waals surface area (Å²) in [6.45, 7) is 2.04. The summed E-state index contributed by atoms with van der Waals surface area (Å²) in [5, 5.41) is 0. The zero-order valence-electron chi connectivity index (χ0n) is 10.2. The first-order valence-electron chi connectivity index (χ1n) is 5.65. The number of methoxy groups -OCH3 is 1. The lowest BCUT2D eigenvalue weighted by Crippen LogP contribution is -1.96. The summed E-state index contributed by atoms with van der Waals surface area (Å²) in [6.07, 6.45) is 1.01. The largest absolute Gasteiger partial charge is 0.495 e. The van der Waals surface area contributed by atoms with Gasteiger partial charge in [0.05, 0.1) is 19.1 Å². The molecule has 0 unspecified atom stereocenters. The number of hydrogen-bond donors (Lipinski definition) is 0. The summed E-state index contributed by atoms with van der Waals surface area (Å²) in [5.74, 6) is 0.646. The quantitative estimate of drug-likeness (QED) is 0.834. The van der Waals surface area contributed by atoms with Gasteiger partial charge in [-0.25, -0.2) is 13.8 Å². The highest BCUT2D eigenvalue weighted by Crippen LogP contribution is 2.26. The second-order valence-electron chi connectivity index (χ2n) is 3.87. The molecule has 2 aromatic rings. The van der Waals surface area contributed by atoms with E-state index in [0.717, 1.165) is 12.0 Å². The molecular weight excluding hydrogens is 238 g/mol. The molecule has 0 amide bonds. The molecule has 0 radical (unpaired) electrons. The molecule has 5 heteroatoms. The number of aryl methyl sites for hydroxylation is 1. The third-order valence-corrected chi connectivity index (χ3v) is 2.76. The molecule has 0 saturated carbocycles. The van der Waals surface area contributed by atoms with Crippen LogP contribution >= 0.6 is 0 Å². The number of ether oxygens (including phenoxy) is 1. The minimum absolute atomic E-state index is 0.239. The van der Waals surface area contributed by atoms with E-state index in [9.17, 15) is 8.78 Å². The summed E-state index contributed by atoms with van der Waals surface area (Å²) in [4.78, 5) is 3.67. The smallest absolute Gasteiger partial charge is 0.281 e. The van der Waals surface area contributed by atoms with Crippen LogP contribution in [-0.4, -0.2) is 16.7 Å². The molecule has 0 bridgehead atoms. The monoisotopic (exact) mass is 252 g/mol. The number of aromatic nitrogens is 2. The van der Waals surface area contributed by atoms with Gasteiger partial charge in [0.1, 0.15) is 11.4 Å². The maximum Gasteiger partial charge on any atom is 0.281 e. The van der Waals surface area contributed by atoms with Crippen molar-refractivity contribution in [1.82, 2.24) is 9.55 Å². The fourth-order valence-corrected chi connectivity index (χ4v) is 1.74. The van der Waals surface area contributed by atoms with Crippen LogP contribution in [0.15, 0.2) is 30.7 Å². The van der Waals surface area contributed by atoms with Crippen LogP contribution in [0.1, 0.15) is 24.6 Å². The summed E-state index contributed by atoms with van der Waals surface area (Å²) < 4.78 is 31.8. The molecule has 0 aliphatic carbocycles. The van der Waals surface area contributed by atoms with Crippen LogP contribution in [0.25, 0.3) is 5.69 Å². The van der Waals surface area contributed by atoms with E-state index in [4.69, 9.17) is 4.74 Å². The van der Waals surface area contributed by atoms with Gasteiger partial charge < -0.3 is 9.30 Å².